The molecule has 1 heterocycles. The molecule has 1 aromatic heterocycles. The summed E-state index contributed by atoms with van der Waals surface area (Å²) in [5.41, 5.74) is 1.06. The Morgan fingerprint density at radius 1 is 1.42 bits per heavy atom. The van der Waals surface area contributed by atoms with E-state index >= 15 is 0 Å². The first-order valence-corrected chi connectivity index (χ1v) is 8.44. The van der Waals surface area contributed by atoms with E-state index in [9.17, 15) is 0 Å². The van der Waals surface area contributed by atoms with Crippen molar-refractivity contribution >= 4 is 11.8 Å². The summed E-state index contributed by atoms with van der Waals surface area (Å²) in [5.74, 6) is 1.99. The van der Waals surface area contributed by atoms with E-state index in [1.54, 1.807) is 11.8 Å². The monoisotopic (exact) mass is 279 g/mol. The lowest BCUT2D eigenvalue weighted by Gasteiger charge is -2.20. The van der Waals surface area contributed by atoms with Crippen LogP contribution in [0.1, 0.15) is 44.7 Å². The SMILES string of the molecule is CCCNC1CCCC1CCSc1nccc(C)n1. The molecular weight excluding hydrogens is 254 g/mol. The molecule has 2 unspecified atom stereocenters. The Bertz CT molecular complexity index is 383. The van der Waals surface area contributed by atoms with Crippen molar-refractivity contribution in [1.82, 2.24) is 15.3 Å². The van der Waals surface area contributed by atoms with Gasteiger partial charge in [0, 0.05) is 23.7 Å². The standard InChI is InChI=1S/C15H25N3S/c1-3-9-16-14-6-4-5-13(14)8-11-19-15-17-10-7-12(2)18-15/h7,10,13-14,16H,3-6,8-9,11H2,1-2H3. The third kappa shape index (κ3) is 4.77. The first kappa shape index (κ1) is 14.8. The fraction of sp³-hybridized carbons (Fsp3) is 0.733. The van der Waals surface area contributed by atoms with E-state index < -0.39 is 0 Å². The molecule has 2 rings (SSSR count). The molecule has 1 aliphatic rings. The van der Waals surface area contributed by atoms with Gasteiger partial charge in [0.15, 0.2) is 5.16 Å². The van der Waals surface area contributed by atoms with Gasteiger partial charge >= 0.3 is 0 Å². The molecule has 1 fully saturated rings. The Labute approximate surface area is 121 Å². The van der Waals surface area contributed by atoms with Gasteiger partial charge in [-0.25, -0.2) is 9.97 Å². The molecule has 0 aromatic carbocycles. The highest BCUT2D eigenvalue weighted by atomic mass is 32.2. The molecule has 0 spiro atoms. The van der Waals surface area contributed by atoms with Gasteiger partial charge in [-0.2, -0.15) is 0 Å². The number of nitrogens with zero attached hydrogens (tertiary/aromatic N) is 2. The first-order chi connectivity index (χ1) is 9.29. The smallest absolute Gasteiger partial charge is 0.187 e. The van der Waals surface area contributed by atoms with Gasteiger partial charge in [-0.05, 0) is 51.1 Å². The minimum absolute atomic E-state index is 0.749. The van der Waals surface area contributed by atoms with E-state index in [0.29, 0.717) is 0 Å². The van der Waals surface area contributed by atoms with Crippen molar-refractivity contribution in [2.45, 2.75) is 57.1 Å². The van der Waals surface area contributed by atoms with Gasteiger partial charge < -0.3 is 5.32 Å². The normalized spacial score (nSPS) is 22.8. The molecule has 2 atom stereocenters. The van der Waals surface area contributed by atoms with Crippen LogP contribution in [0.2, 0.25) is 0 Å². The van der Waals surface area contributed by atoms with Crippen LogP contribution in [-0.4, -0.2) is 28.3 Å². The number of hydrogen-bond donors (Lipinski definition) is 1. The van der Waals surface area contributed by atoms with Crippen molar-refractivity contribution in [2.75, 3.05) is 12.3 Å². The van der Waals surface area contributed by atoms with Gasteiger partial charge in [-0.1, -0.05) is 25.1 Å². The van der Waals surface area contributed by atoms with Crippen LogP contribution in [0.3, 0.4) is 0 Å². The lowest BCUT2D eigenvalue weighted by Crippen LogP contribution is -2.33. The van der Waals surface area contributed by atoms with Crippen LogP contribution in [0.5, 0.6) is 0 Å². The van der Waals surface area contributed by atoms with Crippen LogP contribution in [0.15, 0.2) is 17.4 Å². The molecule has 0 aliphatic heterocycles. The lowest BCUT2D eigenvalue weighted by atomic mass is 10.0. The Morgan fingerprint density at radius 2 is 2.32 bits per heavy atom. The van der Waals surface area contributed by atoms with E-state index in [1.807, 2.05) is 19.2 Å². The highest BCUT2D eigenvalue weighted by Crippen LogP contribution is 2.30. The van der Waals surface area contributed by atoms with Gasteiger partial charge in [-0.3, -0.25) is 0 Å². The Hall–Kier alpha value is -0.610. The molecule has 4 heteroatoms. The molecule has 0 amide bonds. The van der Waals surface area contributed by atoms with Gasteiger partial charge in [0.25, 0.3) is 0 Å². The topological polar surface area (TPSA) is 37.8 Å². The van der Waals surface area contributed by atoms with Crippen molar-refractivity contribution < 1.29 is 0 Å². The van der Waals surface area contributed by atoms with Gasteiger partial charge in [-0.15, -0.1) is 0 Å². The summed E-state index contributed by atoms with van der Waals surface area (Å²) in [6.45, 7) is 5.42. The van der Waals surface area contributed by atoms with Crippen molar-refractivity contribution in [3.05, 3.63) is 18.0 Å². The van der Waals surface area contributed by atoms with Crippen LogP contribution < -0.4 is 5.32 Å². The van der Waals surface area contributed by atoms with Crippen LogP contribution in [0, 0.1) is 12.8 Å². The van der Waals surface area contributed by atoms with E-state index in [0.717, 1.165) is 35.1 Å². The minimum atomic E-state index is 0.749. The Kier molecular flexibility index (Phi) is 6.11. The molecule has 0 radical (unpaired) electrons. The van der Waals surface area contributed by atoms with Crippen molar-refractivity contribution in [3.63, 3.8) is 0 Å². The Balaban J connectivity index is 1.72. The van der Waals surface area contributed by atoms with E-state index in [2.05, 4.69) is 22.2 Å². The quantitative estimate of drug-likeness (QED) is 0.613. The van der Waals surface area contributed by atoms with Crippen LogP contribution in [0.4, 0.5) is 0 Å². The largest absolute Gasteiger partial charge is 0.314 e. The molecule has 19 heavy (non-hydrogen) atoms. The third-order valence-electron chi connectivity index (χ3n) is 3.81. The van der Waals surface area contributed by atoms with Gasteiger partial charge in [0.1, 0.15) is 0 Å². The third-order valence-corrected chi connectivity index (χ3v) is 4.70. The van der Waals surface area contributed by atoms with E-state index in [4.69, 9.17) is 0 Å². The summed E-state index contributed by atoms with van der Waals surface area (Å²) in [4.78, 5) is 8.75. The van der Waals surface area contributed by atoms with Crippen molar-refractivity contribution in [1.29, 1.82) is 0 Å². The molecule has 1 aromatic rings. The number of thioether (sulfide) groups is 1. The highest BCUT2D eigenvalue weighted by molar-refractivity contribution is 7.99. The number of hydrogen-bond acceptors (Lipinski definition) is 4. The van der Waals surface area contributed by atoms with Crippen LogP contribution >= 0.6 is 11.8 Å². The maximum atomic E-state index is 4.44. The van der Waals surface area contributed by atoms with Gasteiger partial charge in [0.2, 0.25) is 0 Å². The molecular formula is C15H25N3S. The maximum Gasteiger partial charge on any atom is 0.187 e. The van der Waals surface area contributed by atoms with Gasteiger partial charge in [0.05, 0.1) is 0 Å². The second-order valence-corrected chi connectivity index (χ2v) is 6.43. The summed E-state index contributed by atoms with van der Waals surface area (Å²) in [7, 11) is 0. The predicted octanol–water partition coefficient (Wildman–Crippen LogP) is 3.44. The fourth-order valence-electron chi connectivity index (χ4n) is 2.78. The molecule has 1 saturated carbocycles. The summed E-state index contributed by atoms with van der Waals surface area (Å²) in [5, 5.41) is 4.63. The summed E-state index contributed by atoms with van der Waals surface area (Å²) >= 11 is 1.80. The number of aromatic nitrogens is 2. The summed E-state index contributed by atoms with van der Waals surface area (Å²) in [6, 6.07) is 2.70. The summed E-state index contributed by atoms with van der Waals surface area (Å²) in [6.07, 6.45) is 8.49. The molecule has 1 N–H and O–H groups in total. The number of nitrogens with one attached hydrogen (secondary N) is 1. The summed E-state index contributed by atoms with van der Waals surface area (Å²) < 4.78 is 0. The lowest BCUT2D eigenvalue weighted by molar-refractivity contribution is 0.393. The van der Waals surface area contributed by atoms with E-state index in [1.165, 1.54) is 32.1 Å². The predicted molar refractivity (Wildman–Crippen MR) is 81.5 cm³/mol. The van der Waals surface area contributed by atoms with Crippen molar-refractivity contribution in [2.24, 2.45) is 5.92 Å². The fourth-order valence-corrected chi connectivity index (χ4v) is 3.72. The average Bonchev–Trinajstić information content (AvgIpc) is 2.84. The molecule has 106 valence electrons. The zero-order chi connectivity index (χ0) is 13.5. The van der Waals surface area contributed by atoms with E-state index in [-0.39, 0.29) is 0 Å². The second kappa shape index (κ2) is 7.85. The number of rotatable bonds is 7. The average molecular weight is 279 g/mol. The Morgan fingerprint density at radius 3 is 3.11 bits per heavy atom. The molecule has 3 nitrogen and oxygen atoms in total. The zero-order valence-corrected chi connectivity index (χ0v) is 12.9. The maximum absolute atomic E-state index is 4.44. The van der Waals surface area contributed by atoms with Crippen LogP contribution in [0.25, 0.3) is 0 Å². The minimum Gasteiger partial charge on any atom is -0.314 e. The molecule has 0 saturated heterocycles. The van der Waals surface area contributed by atoms with Crippen molar-refractivity contribution in [3.8, 4) is 0 Å². The van der Waals surface area contributed by atoms with Crippen LogP contribution in [-0.2, 0) is 0 Å². The second-order valence-electron chi connectivity index (χ2n) is 5.37. The highest BCUT2D eigenvalue weighted by Gasteiger charge is 2.26. The zero-order valence-electron chi connectivity index (χ0n) is 12.1. The molecule has 1 aliphatic carbocycles. The number of aryl methyl sites for hydroxylation is 1. The molecule has 0 bridgehead atoms. The first-order valence-electron chi connectivity index (χ1n) is 7.45.